The van der Waals surface area contributed by atoms with Gasteiger partial charge in [0.1, 0.15) is 11.8 Å². The van der Waals surface area contributed by atoms with E-state index in [2.05, 4.69) is 38.3 Å². The summed E-state index contributed by atoms with van der Waals surface area (Å²) in [6, 6.07) is 0. The summed E-state index contributed by atoms with van der Waals surface area (Å²) in [4.78, 5) is 11.8. The molecule has 0 aromatic carbocycles. The Morgan fingerprint density at radius 1 is 1.24 bits per heavy atom. The molecule has 0 radical (unpaired) electrons. The Bertz CT molecular complexity index is 320. The highest BCUT2D eigenvalue weighted by atomic mass is 16.5. The Kier molecular flexibility index (Phi) is 2.79. The highest BCUT2D eigenvalue weighted by Crippen LogP contribution is 2.40. The van der Waals surface area contributed by atoms with E-state index in [1.165, 1.54) is 0 Å². The zero-order valence-electron chi connectivity index (χ0n) is 11.5. The van der Waals surface area contributed by atoms with Gasteiger partial charge in [0.05, 0.1) is 0 Å². The van der Waals surface area contributed by atoms with Gasteiger partial charge in [-0.25, -0.2) is 0 Å². The van der Waals surface area contributed by atoms with Crippen LogP contribution in [0.4, 0.5) is 0 Å². The van der Waals surface area contributed by atoms with Gasteiger partial charge in [0.2, 0.25) is 0 Å². The van der Waals surface area contributed by atoms with Crippen LogP contribution in [0.1, 0.15) is 53.9 Å². The predicted molar refractivity (Wildman–Crippen MR) is 66.6 cm³/mol. The van der Waals surface area contributed by atoms with Gasteiger partial charge in [-0.15, -0.1) is 0 Å². The van der Waals surface area contributed by atoms with Gasteiger partial charge in [-0.2, -0.15) is 0 Å². The summed E-state index contributed by atoms with van der Waals surface area (Å²) in [7, 11) is 0. The lowest BCUT2D eigenvalue weighted by Gasteiger charge is -2.50. The second-order valence-corrected chi connectivity index (χ2v) is 6.74. The molecule has 1 amide bonds. The van der Waals surface area contributed by atoms with Gasteiger partial charge in [-0.3, -0.25) is 4.79 Å². The first kappa shape index (κ1) is 12.8. The lowest BCUT2D eigenvalue weighted by Crippen LogP contribution is -2.66. The molecule has 1 spiro atoms. The summed E-state index contributed by atoms with van der Waals surface area (Å²) < 4.78 is 6.02. The Balaban J connectivity index is 2.24. The van der Waals surface area contributed by atoms with Crippen molar-refractivity contribution in [1.29, 1.82) is 0 Å². The number of carbonyl (C=O) groups excluding carboxylic acids is 1. The summed E-state index contributed by atoms with van der Waals surface area (Å²) in [6.07, 6.45) is 2.08. The molecule has 2 saturated heterocycles. The molecule has 4 nitrogen and oxygen atoms in total. The monoisotopic (exact) mass is 240 g/mol. The maximum atomic E-state index is 11.8. The zero-order chi connectivity index (χ0) is 12.9. The van der Waals surface area contributed by atoms with Crippen molar-refractivity contribution in [2.24, 2.45) is 0 Å². The van der Waals surface area contributed by atoms with Gasteiger partial charge in [0.15, 0.2) is 0 Å². The number of piperidine rings is 1. The maximum absolute atomic E-state index is 11.8. The van der Waals surface area contributed by atoms with Gasteiger partial charge in [0.25, 0.3) is 5.91 Å². The van der Waals surface area contributed by atoms with Crippen molar-refractivity contribution in [3.63, 3.8) is 0 Å². The summed E-state index contributed by atoms with van der Waals surface area (Å²) in [5, 5.41) is 6.68. The van der Waals surface area contributed by atoms with Crippen molar-refractivity contribution in [1.82, 2.24) is 10.6 Å². The summed E-state index contributed by atoms with van der Waals surface area (Å²) >= 11 is 0. The van der Waals surface area contributed by atoms with Crippen LogP contribution in [0.5, 0.6) is 0 Å². The molecule has 2 fully saturated rings. The van der Waals surface area contributed by atoms with Crippen LogP contribution < -0.4 is 10.6 Å². The summed E-state index contributed by atoms with van der Waals surface area (Å²) in [6.45, 7) is 10.6. The average molecular weight is 240 g/mol. The standard InChI is InChI=1S/C13H24N2O2/c1-6-9-10(16)14-13(17-9)7-11(2,3)15-12(4,5)8-13/h9,15H,6-8H2,1-5H3,(H,14,16). The summed E-state index contributed by atoms with van der Waals surface area (Å²) in [5.41, 5.74) is -0.536. The van der Waals surface area contributed by atoms with Crippen molar-refractivity contribution in [2.45, 2.75) is 76.8 Å². The van der Waals surface area contributed by atoms with Crippen LogP contribution >= 0.6 is 0 Å². The Labute approximate surface area is 103 Å². The molecule has 2 rings (SSSR count). The fraction of sp³-hybridized carbons (Fsp3) is 0.923. The lowest BCUT2D eigenvalue weighted by atomic mass is 9.77. The molecular weight excluding hydrogens is 216 g/mol. The van der Waals surface area contributed by atoms with Crippen LogP contribution in [0, 0.1) is 0 Å². The largest absolute Gasteiger partial charge is 0.343 e. The third-order valence-electron chi connectivity index (χ3n) is 3.51. The van der Waals surface area contributed by atoms with Crippen molar-refractivity contribution in [3.8, 4) is 0 Å². The molecule has 2 aliphatic rings. The molecule has 2 aliphatic heterocycles. The van der Waals surface area contributed by atoms with E-state index in [0.717, 1.165) is 19.3 Å². The normalized spacial score (nSPS) is 33.7. The fourth-order valence-corrected chi connectivity index (χ4v) is 3.60. The van der Waals surface area contributed by atoms with E-state index in [0.29, 0.717) is 0 Å². The Hall–Kier alpha value is -0.610. The minimum absolute atomic E-state index is 0.0301. The number of amides is 1. The molecule has 0 bridgehead atoms. The minimum Gasteiger partial charge on any atom is -0.343 e. The van der Waals surface area contributed by atoms with E-state index in [1.807, 2.05) is 6.92 Å². The van der Waals surface area contributed by atoms with E-state index in [9.17, 15) is 4.79 Å². The minimum atomic E-state index is -0.476. The number of hydrogen-bond acceptors (Lipinski definition) is 3. The van der Waals surface area contributed by atoms with Gasteiger partial charge < -0.3 is 15.4 Å². The number of nitrogens with one attached hydrogen (secondary N) is 2. The van der Waals surface area contributed by atoms with E-state index >= 15 is 0 Å². The van der Waals surface area contributed by atoms with E-state index in [4.69, 9.17) is 4.74 Å². The van der Waals surface area contributed by atoms with Crippen molar-refractivity contribution < 1.29 is 9.53 Å². The van der Waals surface area contributed by atoms with Gasteiger partial charge in [-0.05, 0) is 34.1 Å². The second-order valence-electron chi connectivity index (χ2n) is 6.74. The smallest absolute Gasteiger partial charge is 0.251 e. The van der Waals surface area contributed by atoms with Crippen LogP contribution in [0.25, 0.3) is 0 Å². The fourth-order valence-electron chi connectivity index (χ4n) is 3.60. The van der Waals surface area contributed by atoms with E-state index in [-0.39, 0.29) is 23.1 Å². The first-order valence-corrected chi connectivity index (χ1v) is 6.46. The van der Waals surface area contributed by atoms with Crippen molar-refractivity contribution in [3.05, 3.63) is 0 Å². The van der Waals surface area contributed by atoms with Crippen molar-refractivity contribution >= 4 is 5.91 Å². The Morgan fingerprint density at radius 2 is 1.76 bits per heavy atom. The van der Waals surface area contributed by atoms with E-state index in [1.54, 1.807) is 0 Å². The third-order valence-corrected chi connectivity index (χ3v) is 3.51. The van der Waals surface area contributed by atoms with Gasteiger partial charge in [0, 0.05) is 23.9 Å². The van der Waals surface area contributed by atoms with Crippen LogP contribution in [0.2, 0.25) is 0 Å². The molecule has 0 aromatic rings. The van der Waals surface area contributed by atoms with Crippen LogP contribution in [-0.2, 0) is 9.53 Å². The number of carbonyl (C=O) groups is 1. The first-order valence-electron chi connectivity index (χ1n) is 6.46. The highest BCUT2D eigenvalue weighted by molar-refractivity contribution is 5.83. The Morgan fingerprint density at radius 3 is 2.18 bits per heavy atom. The highest BCUT2D eigenvalue weighted by Gasteiger charge is 2.53. The number of rotatable bonds is 1. The van der Waals surface area contributed by atoms with E-state index < -0.39 is 5.72 Å². The van der Waals surface area contributed by atoms with Gasteiger partial charge >= 0.3 is 0 Å². The van der Waals surface area contributed by atoms with Crippen molar-refractivity contribution in [2.75, 3.05) is 0 Å². The average Bonchev–Trinajstić information content (AvgIpc) is 2.35. The zero-order valence-corrected chi connectivity index (χ0v) is 11.5. The molecule has 4 heteroatoms. The van der Waals surface area contributed by atoms with Crippen LogP contribution in [-0.4, -0.2) is 28.8 Å². The molecule has 0 saturated carbocycles. The lowest BCUT2D eigenvalue weighted by molar-refractivity contribution is -0.126. The molecule has 2 heterocycles. The molecule has 98 valence electrons. The SMILES string of the molecule is CCC1OC2(CC(C)(C)NC(C)(C)C2)NC1=O. The third kappa shape index (κ3) is 2.47. The molecule has 1 unspecified atom stereocenters. The molecule has 17 heavy (non-hydrogen) atoms. The van der Waals surface area contributed by atoms with Crippen LogP contribution in [0.15, 0.2) is 0 Å². The van der Waals surface area contributed by atoms with Crippen LogP contribution in [0.3, 0.4) is 0 Å². The molecule has 1 atom stereocenters. The molecule has 0 aliphatic carbocycles. The second kappa shape index (κ2) is 3.69. The number of hydrogen-bond donors (Lipinski definition) is 2. The predicted octanol–water partition coefficient (Wildman–Crippen LogP) is 1.55. The summed E-state index contributed by atoms with van der Waals surface area (Å²) in [5.74, 6) is 0.0426. The first-order chi connectivity index (χ1) is 7.67. The molecule has 2 N–H and O–H groups in total. The molecule has 0 aromatic heterocycles. The maximum Gasteiger partial charge on any atom is 0.251 e. The quantitative estimate of drug-likeness (QED) is 0.731. The number of ether oxygens (including phenoxy) is 1. The van der Waals surface area contributed by atoms with Gasteiger partial charge in [-0.1, -0.05) is 6.92 Å². The topological polar surface area (TPSA) is 50.4 Å². The molecular formula is C13H24N2O2.